The number of rotatable bonds is 5. The quantitative estimate of drug-likeness (QED) is 0.845. The van der Waals surface area contributed by atoms with Crippen LogP contribution in [0.4, 0.5) is 0 Å². The van der Waals surface area contributed by atoms with Crippen molar-refractivity contribution in [1.29, 1.82) is 0 Å². The Kier molecular flexibility index (Phi) is 5.03. The molecule has 6 nitrogen and oxygen atoms in total. The zero-order chi connectivity index (χ0) is 16.9. The Balaban J connectivity index is 1.56. The van der Waals surface area contributed by atoms with Gasteiger partial charge in [-0.05, 0) is 25.0 Å². The van der Waals surface area contributed by atoms with E-state index in [4.69, 9.17) is 9.47 Å². The zero-order valence-electron chi connectivity index (χ0n) is 14.1. The minimum atomic E-state index is 0.0502. The Bertz CT molecular complexity index is 698. The number of aromatic nitrogens is 2. The van der Waals surface area contributed by atoms with Crippen molar-refractivity contribution in [3.05, 3.63) is 42.2 Å². The first kappa shape index (κ1) is 16.4. The second-order valence-corrected chi connectivity index (χ2v) is 6.15. The molecule has 0 spiro atoms. The fourth-order valence-corrected chi connectivity index (χ4v) is 3.00. The van der Waals surface area contributed by atoms with Crippen LogP contribution in [0.3, 0.4) is 0 Å². The Morgan fingerprint density at radius 2 is 2.21 bits per heavy atom. The SMILES string of the molecule is COc1cccc(OC[C@@H]2CCCN(C(=O)c3cnn(C)c3)C2)c1. The summed E-state index contributed by atoms with van der Waals surface area (Å²) in [5.41, 5.74) is 0.645. The first-order valence-corrected chi connectivity index (χ1v) is 8.20. The third kappa shape index (κ3) is 3.88. The standard InChI is InChI=1S/C18H23N3O3/c1-20-12-15(10-19-20)18(22)21-8-4-5-14(11-21)13-24-17-7-3-6-16(9-17)23-2/h3,6-7,9-10,12,14H,4-5,8,11,13H2,1-2H3/t14-/m1/s1. The van der Waals surface area contributed by atoms with E-state index in [-0.39, 0.29) is 5.91 Å². The van der Waals surface area contributed by atoms with Gasteiger partial charge in [-0.1, -0.05) is 6.07 Å². The third-order valence-electron chi connectivity index (χ3n) is 4.28. The second-order valence-electron chi connectivity index (χ2n) is 6.15. The molecule has 1 saturated heterocycles. The number of carbonyl (C=O) groups is 1. The van der Waals surface area contributed by atoms with Gasteiger partial charge in [-0.3, -0.25) is 9.48 Å². The molecule has 0 saturated carbocycles. The summed E-state index contributed by atoms with van der Waals surface area (Å²) in [5, 5.41) is 4.08. The lowest BCUT2D eigenvalue weighted by Gasteiger charge is -2.32. The molecule has 0 radical (unpaired) electrons. The summed E-state index contributed by atoms with van der Waals surface area (Å²) in [7, 11) is 3.46. The van der Waals surface area contributed by atoms with E-state index in [9.17, 15) is 4.79 Å². The number of ether oxygens (including phenoxy) is 2. The molecule has 24 heavy (non-hydrogen) atoms. The Hall–Kier alpha value is -2.50. The van der Waals surface area contributed by atoms with Crippen molar-refractivity contribution in [2.24, 2.45) is 13.0 Å². The summed E-state index contributed by atoms with van der Waals surface area (Å²) < 4.78 is 12.8. The first-order valence-electron chi connectivity index (χ1n) is 8.20. The number of methoxy groups -OCH3 is 1. The highest BCUT2D eigenvalue weighted by atomic mass is 16.5. The van der Waals surface area contributed by atoms with E-state index >= 15 is 0 Å². The molecular formula is C18H23N3O3. The Morgan fingerprint density at radius 1 is 1.38 bits per heavy atom. The first-order chi connectivity index (χ1) is 11.7. The highest BCUT2D eigenvalue weighted by Crippen LogP contribution is 2.22. The van der Waals surface area contributed by atoms with E-state index in [1.807, 2.05) is 36.2 Å². The van der Waals surface area contributed by atoms with Crippen LogP contribution in [-0.2, 0) is 7.05 Å². The molecule has 128 valence electrons. The van der Waals surface area contributed by atoms with Gasteiger partial charge in [-0.2, -0.15) is 5.10 Å². The molecule has 3 rings (SSSR count). The number of carbonyl (C=O) groups excluding carboxylic acids is 1. The van der Waals surface area contributed by atoms with Gasteiger partial charge in [0.15, 0.2) is 0 Å². The monoisotopic (exact) mass is 329 g/mol. The van der Waals surface area contributed by atoms with Crippen molar-refractivity contribution < 1.29 is 14.3 Å². The van der Waals surface area contributed by atoms with Crippen molar-refractivity contribution in [2.75, 3.05) is 26.8 Å². The predicted octanol–water partition coefficient (Wildman–Crippen LogP) is 2.36. The highest BCUT2D eigenvalue weighted by Gasteiger charge is 2.25. The zero-order valence-corrected chi connectivity index (χ0v) is 14.1. The van der Waals surface area contributed by atoms with Crippen LogP contribution >= 0.6 is 0 Å². The number of nitrogens with zero attached hydrogens (tertiary/aromatic N) is 3. The largest absolute Gasteiger partial charge is 0.497 e. The van der Waals surface area contributed by atoms with Crippen molar-refractivity contribution in [3.8, 4) is 11.5 Å². The molecule has 1 fully saturated rings. The molecule has 1 aliphatic heterocycles. The summed E-state index contributed by atoms with van der Waals surface area (Å²) in [6.45, 7) is 2.12. The topological polar surface area (TPSA) is 56.6 Å². The molecule has 2 aromatic rings. The molecule has 0 unspecified atom stereocenters. The molecule has 1 amide bonds. The van der Waals surface area contributed by atoms with Crippen LogP contribution in [0.5, 0.6) is 11.5 Å². The molecular weight excluding hydrogens is 306 g/mol. The summed E-state index contributed by atoms with van der Waals surface area (Å²) in [5.74, 6) is 1.97. The number of benzene rings is 1. The Morgan fingerprint density at radius 3 is 2.96 bits per heavy atom. The maximum absolute atomic E-state index is 12.5. The van der Waals surface area contributed by atoms with E-state index < -0.39 is 0 Å². The predicted molar refractivity (Wildman–Crippen MR) is 90.3 cm³/mol. The van der Waals surface area contributed by atoms with Gasteiger partial charge in [-0.15, -0.1) is 0 Å². The highest BCUT2D eigenvalue weighted by molar-refractivity contribution is 5.93. The van der Waals surface area contributed by atoms with Crippen LogP contribution in [0, 0.1) is 5.92 Å². The average Bonchev–Trinajstić information content (AvgIpc) is 3.06. The molecule has 6 heteroatoms. The minimum absolute atomic E-state index is 0.0502. The number of hydrogen-bond donors (Lipinski definition) is 0. The fourth-order valence-electron chi connectivity index (χ4n) is 3.00. The maximum atomic E-state index is 12.5. The number of aryl methyl sites for hydroxylation is 1. The van der Waals surface area contributed by atoms with Crippen LogP contribution in [0.2, 0.25) is 0 Å². The number of likely N-dealkylation sites (tertiary alicyclic amines) is 1. The van der Waals surface area contributed by atoms with Gasteiger partial charge in [-0.25, -0.2) is 0 Å². The van der Waals surface area contributed by atoms with E-state index in [1.54, 1.807) is 24.2 Å². The fraction of sp³-hybridized carbons (Fsp3) is 0.444. The smallest absolute Gasteiger partial charge is 0.257 e. The molecule has 0 aliphatic carbocycles. The molecule has 1 aromatic carbocycles. The minimum Gasteiger partial charge on any atom is -0.497 e. The van der Waals surface area contributed by atoms with Crippen LogP contribution in [-0.4, -0.2) is 47.4 Å². The summed E-state index contributed by atoms with van der Waals surface area (Å²) in [6.07, 6.45) is 5.45. The van der Waals surface area contributed by atoms with Gasteiger partial charge in [0.1, 0.15) is 11.5 Å². The van der Waals surface area contributed by atoms with Gasteiger partial charge in [0, 0.05) is 38.3 Å². The van der Waals surface area contributed by atoms with Crippen molar-refractivity contribution in [1.82, 2.24) is 14.7 Å². The van der Waals surface area contributed by atoms with Crippen LogP contribution in [0.15, 0.2) is 36.7 Å². The Labute approximate surface area is 142 Å². The van der Waals surface area contributed by atoms with E-state index in [0.717, 1.165) is 37.4 Å². The van der Waals surface area contributed by atoms with E-state index in [1.165, 1.54) is 0 Å². The van der Waals surface area contributed by atoms with Gasteiger partial charge >= 0.3 is 0 Å². The summed E-state index contributed by atoms with van der Waals surface area (Å²) in [4.78, 5) is 14.4. The van der Waals surface area contributed by atoms with Crippen molar-refractivity contribution in [3.63, 3.8) is 0 Å². The lowest BCUT2D eigenvalue weighted by atomic mass is 9.98. The van der Waals surface area contributed by atoms with E-state index in [2.05, 4.69) is 5.10 Å². The molecule has 1 aliphatic rings. The molecule has 2 heterocycles. The number of piperidine rings is 1. The van der Waals surface area contributed by atoms with Gasteiger partial charge in [0.05, 0.1) is 25.5 Å². The normalized spacial score (nSPS) is 17.6. The number of hydrogen-bond acceptors (Lipinski definition) is 4. The molecule has 1 atom stereocenters. The maximum Gasteiger partial charge on any atom is 0.257 e. The average molecular weight is 329 g/mol. The van der Waals surface area contributed by atoms with Gasteiger partial charge < -0.3 is 14.4 Å². The van der Waals surface area contributed by atoms with Crippen LogP contribution in [0.25, 0.3) is 0 Å². The summed E-state index contributed by atoms with van der Waals surface area (Å²) >= 11 is 0. The van der Waals surface area contributed by atoms with Crippen LogP contribution in [0.1, 0.15) is 23.2 Å². The van der Waals surface area contributed by atoms with Crippen molar-refractivity contribution in [2.45, 2.75) is 12.8 Å². The number of amides is 1. The van der Waals surface area contributed by atoms with Gasteiger partial charge in [0.25, 0.3) is 5.91 Å². The summed E-state index contributed by atoms with van der Waals surface area (Å²) in [6, 6.07) is 7.60. The lowest BCUT2D eigenvalue weighted by molar-refractivity contribution is 0.0633. The van der Waals surface area contributed by atoms with Crippen molar-refractivity contribution >= 4 is 5.91 Å². The third-order valence-corrected chi connectivity index (χ3v) is 4.28. The molecule has 0 bridgehead atoms. The van der Waals surface area contributed by atoms with Gasteiger partial charge in [0.2, 0.25) is 0 Å². The molecule has 0 N–H and O–H groups in total. The van der Waals surface area contributed by atoms with E-state index in [0.29, 0.717) is 18.1 Å². The second kappa shape index (κ2) is 7.38. The van der Waals surface area contributed by atoms with Crippen LogP contribution < -0.4 is 9.47 Å². The molecule has 1 aromatic heterocycles. The lowest BCUT2D eigenvalue weighted by Crippen LogP contribution is -2.41.